The molecule has 88 valence electrons. The third-order valence-corrected chi connectivity index (χ3v) is 2.18. The van der Waals surface area contributed by atoms with Crippen molar-refractivity contribution < 1.29 is 14.1 Å². The monoisotopic (exact) mass is 255 g/mol. The van der Waals surface area contributed by atoms with Gasteiger partial charge in [0.1, 0.15) is 0 Å². The van der Waals surface area contributed by atoms with Gasteiger partial charge in [-0.2, -0.15) is 0 Å². The van der Waals surface area contributed by atoms with Crippen LogP contribution in [-0.2, 0) is 0 Å². The highest BCUT2D eigenvalue weighted by Gasteiger charge is 2.22. The third-order valence-electron chi connectivity index (χ3n) is 2.03. The number of nitro groups is 1. The van der Waals surface area contributed by atoms with Crippen LogP contribution in [0.15, 0.2) is 22.6 Å². The van der Waals surface area contributed by atoms with E-state index in [0.29, 0.717) is 5.56 Å². The Hall–Kier alpha value is -2.15. The van der Waals surface area contributed by atoms with Gasteiger partial charge in [0.15, 0.2) is 0 Å². The molecule has 0 spiro atoms. The van der Waals surface area contributed by atoms with E-state index in [1.54, 1.807) is 6.07 Å². The molecule has 0 atom stereocenters. The fourth-order valence-electron chi connectivity index (χ4n) is 1.37. The van der Waals surface area contributed by atoms with Crippen molar-refractivity contribution in [2.24, 2.45) is 0 Å². The Balaban J connectivity index is 2.61. The lowest BCUT2D eigenvalue weighted by Gasteiger charge is -2.04. The van der Waals surface area contributed by atoms with Crippen LogP contribution in [0.2, 0.25) is 5.35 Å². The van der Waals surface area contributed by atoms with Gasteiger partial charge in [-0.25, -0.2) is 0 Å². The largest absolute Gasteiger partial charge is 0.490 e. The topological polar surface area (TPSA) is 91.3 Å². The zero-order valence-corrected chi connectivity index (χ0v) is 9.34. The van der Waals surface area contributed by atoms with Gasteiger partial charge in [0.05, 0.1) is 17.6 Å². The van der Waals surface area contributed by atoms with Crippen LogP contribution in [0.4, 0.5) is 5.69 Å². The minimum Gasteiger partial charge on any atom is -0.490 e. The molecule has 0 saturated carbocycles. The van der Waals surface area contributed by atoms with Gasteiger partial charge < -0.3 is 9.15 Å². The lowest BCUT2D eigenvalue weighted by atomic mass is 10.1. The molecule has 1 aromatic carbocycles. The maximum absolute atomic E-state index is 10.8. The van der Waals surface area contributed by atoms with Crippen LogP contribution in [-0.4, -0.2) is 22.2 Å². The van der Waals surface area contributed by atoms with Crippen molar-refractivity contribution in [3.8, 4) is 17.2 Å². The first-order valence-corrected chi connectivity index (χ1v) is 4.82. The van der Waals surface area contributed by atoms with Gasteiger partial charge in [0, 0.05) is 6.07 Å². The van der Waals surface area contributed by atoms with E-state index in [4.69, 9.17) is 20.8 Å². The van der Waals surface area contributed by atoms with Crippen LogP contribution in [0.25, 0.3) is 11.5 Å². The minimum atomic E-state index is -0.555. The third kappa shape index (κ3) is 2.04. The molecule has 0 bridgehead atoms. The molecule has 1 heterocycles. The van der Waals surface area contributed by atoms with Crippen LogP contribution < -0.4 is 4.74 Å². The van der Waals surface area contributed by atoms with E-state index in [-0.39, 0.29) is 22.7 Å². The second-order valence-electron chi connectivity index (χ2n) is 2.98. The summed E-state index contributed by atoms with van der Waals surface area (Å²) in [6, 6.07) is 4.38. The number of halogens is 1. The van der Waals surface area contributed by atoms with E-state index in [9.17, 15) is 10.1 Å². The Morgan fingerprint density at radius 1 is 1.47 bits per heavy atom. The summed E-state index contributed by atoms with van der Waals surface area (Å²) in [7, 11) is 1.32. The van der Waals surface area contributed by atoms with Crippen molar-refractivity contribution in [1.29, 1.82) is 0 Å². The molecule has 7 nitrogen and oxygen atoms in total. The van der Waals surface area contributed by atoms with Crippen LogP contribution >= 0.6 is 11.6 Å². The van der Waals surface area contributed by atoms with E-state index in [0.717, 1.165) is 0 Å². The first-order valence-electron chi connectivity index (χ1n) is 4.44. The molecule has 0 aliphatic rings. The number of nitro benzene ring substituents is 1. The standard InChI is InChI=1S/C9H6ClN3O4/c1-16-7-5(8-11-12-9(10)17-8)3-2-4-6(7)13(14)15/h2-4H,1H3. The molecule has 8 heteroatoms. The van der Waals surface area contributed by atoms with Gasteiger partial charge in [0.2, 0.25) is 5.75 Å². The highest BCUT2D eigenvalue weighted by molar-refractivity contribution is 6.27. The Morgan fingerprint density at radius 2 is 2.24 bits per heavy atom. The Kier molecular flexibility index (Phi) is 2.92. The maximum atomic E-state index is 10.8. The Labute approximate surface area is 100 Å². The molecule has 0 aliphatic heterocycles. The zero-order valence-electron chi connectivity index (χ0n) is 8.58. The van der Waals surface area contributed by atoms with Gasteiger partial charge in [-0.05, 0) is 17.7 Å². The molecule has 2 aromatic rings. The second-order valence-corrected chi connectivity index (χ2v) is 3.30. The van der Waals surface area contributed by atoms with Crippen molar-refractivity contribution in [3.63, 3.8) is 0 Å². The second kappa shape index (κ2) is 4.38. The molecule has 0 amide bonds. The van der Waals surface area contributed by atoms with E-state index < -0.39 is 4.92 Å². The molecule has 2 rings (SSSR count). The first-order chi connectivity index (χ1) is 8.13. The molecule has 0 N–H and O–H groups in total. The van der Waals surface area contributed by atoms with Crippen molar-refractivity contribution in [3.05, 3.63) is 33.7 Å². The number of benzene rings is 1. The quantitative estimate of drug-likeness (QED) is 0.617. The number of ether oxygens (including phenoxy) is 1. The molecule has 0 aliphatic carbocycles. The van der Waals surface area contributed by atoms with Gasteiger partial charge in [-0.15, -0.1) is 5.10 Å². The summed E-state index contributed by atoms with van der Waals surface area (Å²) < 4.78 is 9.98. The first kappa shape index (κ1) is 11.3. The highest BCUT2D eigenvalue weighted by Crippen LogP contribution is 2.37. The molecular weight excluding hydrogens is 250 g/mol. The van der Waals surface area contributed by atoms with Crippen LogP contribution in [0.1, 0.15) is 0 Å². The molecule has 0 radical (unpaired) electrons. The summed E-state index contributed by atoms with van der Waals surface area (Å²) in [4.78, 5) is 10.2. The number of para-hydroxylation sites is 1. The summed E-state index contributed by atoms with van der Waals surface area (Å²) in [6.45, 7) is 0. The van der Waals surface area contributed by atoms with Gasteiger partial charge in [0.25, 0.3) is 5.89 Å². The van der Waals surface area contributed by atoms with Crippen LogP contribution in [0.5, 0.6) is 5.75 Å². The SMILES string of the molecule is COc1c(-c2nnc(Cl)o2)cccc1[N+](=O)[O-]. The molecule has 0 unspecified atom stereocenters. The van der Waals surface area contributed by atoms with E-state index in [1.165, 1.54) is 19.2 Å². The predicted octanol–water partition coefficient (Wildman–Crippen LogP) is 2.31. The lowest BCUT2D eigenvalue weighted by Crippen LogP contribution is -1.95. The van der Waals surface area contributed by atoms with E-state index in [1.807, 2.05) is 0 Å². The van der Waals surface area contributed by atoms with Crippen molar-refractivity contribution in [2.75, 3.05) is 7.11 Å². The molecule has 1 aromatic heterocycles. The smallest absolute Gasteiger partial charge is 0.313 e. The molecular formula is C9H6ClN3O4. The maximum Gasteiger partial charge on any atom is 0.313 e. The van der Waals surface area contributed by atoms with Crippen molar-refractivity contribution >= 4 is 17.3 Å². The number of rotatable bonds is 3. The van der Waals surface area contributed by atoms with Crippen LogP contribution in [0.3, 0.4) is 0 Å². The summed E-state index contributed by atoms with van der Waals surface area (Å²) >= 11 is 5.49. The van der Waals surface area contributed by atoms with Gasteiger partial charge >= 0.3 is 11.0 Å². The van der Waals surface area contributed by atoms with Crippen molar-refractivity contribution in [2.45, 2.75) is 0 Å². The predicted molar refractivity (Wildman–Crippen MR) is 58.0 cm³/mol. The minimum absolute atomic E-state index is 0.0535. The molecule has 17 heavy (non-hydrogen) atoms. The summed E-state index contributed by atoms with van der Waals surface area (Å²) in [6.07, 6.45) is 0. The molecule has 0 saturated heterocycles. The lowest BCUT2D eigenvalue weighted by molar-refractivity contribution is -0.385. The summed E-state index contributed by atoms with van der Waals surface area (Å²) in [5, 5.41) is 17.8. The zero-order chi connectivity index (χ0) is 12.4. The number of hydrogen-bond acceptors (Lipinski definition) is 6. The summed E-state index contributed by atoms with van der Waals surface area (Å²) in [5.41, 5.74) is 0.139. The summed E-state index contributed by atoms with van der Waals surface area (Å²) in [5.74, 6) is 0.119. The normalized spacial score (nSPS) is 10.2. The van der Waals surface area contributed by atoms with E-state index >= 15 is 0 Å². The highest BCUT2D eigenvalue weighted by atomic mass is 35.5. The number of nitrogens with zero attached hydrogens (tertiary/aromatic N) is 3. The fraction of sp³-hybridized carbons (Fsp3) is 0.111. The Bertz CT molecular complexity index is 569. The van der Waals surface area contributed by atoms with Crippen molar-refractivity contribution in [1.82, 2.24) is 10.2 Å². The Morgan fingerprint density at radius 3 is 2.76 bits per heavy atom. The van der Waals surface area contributed by atoms with Gasteiger partial charge in [-0.1, -0.05) is 11.2 Å². The average molecular weight is 256 g/mol. The number of aromatic nitrogens is 2. The number of hydrogen-bond donors (Lipinski definition) is 0. The van der Waals surface area contributed by atoms with Gasteiger partial charge in [-0.3, -0.25) is 10.1 Å². The fourth-order valence-corrected chi connectivity index (χ4v) is 1.48. The van der Waals surface area contributed by atoms with Crippen LogP contribution in [0, 0.1) is 10.1 Å². The molecule has 0 fully saturated rings. The average Bonchev–Trinajstić information content (AvgIpc) is 2.74. The van der Waals surface area contributed by atoms with E-state index in [2.05, 4.69) is 10.2 Å². The number of methoxy groups -OCH3 is 1.